The summed E-state index contributed by atoms with van der Waals surface area (Å²) in [4.78, 5) is 1.10. The molecule has 1 atom stereocenters. The Kier molecular flexibility index (Phi) is 2.65. The zero-order valence-electron chi connectivity index (χ0n) is 7.93. The highest BCUT2D eigenvalue weighted by Gasteiger charge is 2.20. The number of rotatable bonds is 1. The lowest BCUT2D eigenvalue weighted by Crippen LogP contribution is -2.27. The Bertz CT molecular complexity index is 304. The topological polar surface area (TPSA) is 29.1 Å². The first-order chi connectivity index (χ1) is 6.29. The largest absolute Gasteiger partial charge is 0.313 e. The predicted molar refractivity (Wildman–Crippen MR) is 55.9 cm³/mol. The Labute approximate surface area is 81.6 Å². The summed E-state index contributed by atoms with van der Waals surface area (Å²) in [7, 11) is -0.795. The first kappa shape index (κ1) is 9.16. The molecule has 2 aliphatic rings. The van der Waals surface area contributed by atoms with Gasteiger partial charge < -0.3 is 5.32 Å². The summed E-state index contributed by atoms with van der Waals surface area (Å²) >= 11 is 0. The maximum Gasteiger partial charge on any atom is 0.0497 e. The molecule has 0 bridgehead atoms. The maximum atomic E-state index is 11.4. The van der Waals surface area contributed by atoms with Crippen LogP contribution in [0, 0.1) is 0 Å². The summed E-state index contributed by atoms with van der Waals surface area (Å²) in [5, 5.41) is 3.36. The van der Waals surface area contributed by atoms with E-state index in [9.17, 15) is 4.21 Å². The van der Waals surface area contributed by atoms with E-state index in [1.54, 1.807) is 6.26 Å². The summed E-state index contributed by atoms with van der Waals surface area (Å²) in [6, 6.07) is 0. The molecule has 1 unspecified atom stereocenters. The summed E-state index contributed by atoms with van der Waals surface area (Å²) in [5.74, 6) is 0. The van der Waals surface area contributed by atoms with Crippen LogP contribution in [0.3, 0.4) is 0 Å². The van der Waals surface area contributed by atoms with Gasteiger partial charge in [-0.2, -0.15) is 0 Å². The highest BCUT2D eigenvalue weighted by Crippen LogP contribution is 2.30. The Morgan fingerprint density at radius 2 is 2.31 bits per heavy atom. The lowest BCUT2D eigenvalue weighted by Gasteiger charge is -2.25. The highest BCUT2D eigenvalue weighted by atomic mass is 32.2. The van der Waals surface area contributed by atoms with Crippen LogP contribution in [0.2, 0.25) is 0 Å². The third kappa shape index (κ3) is 1.76. The van der Waals surface area contributed by atoms with Gasteiger partial charge in [0.05, 0.1) is 0 Å². The molecule has 0 spiro atoms. The molecule has 2 nitrogen and oxygen atoms in total. The molecule has 0 aromatic heterocycles. The van der Waals surface area contributed by atoms with Gasteiger partial charge in [-0.25, -0.2) is 0 Å². The monoisotopic (exact) mass is 197 g/mol. The van der Waals surface area contributed by atoms with Gasteiger partial charge in [-0.15, -0.1) is 0 Å². The summed E-state index contributed by atoms with van der Waals surface area (Å²) in [6.45, 7) is 2.04. The summed E-state index contributed by atoms with van der Waals surface area (Å²) < 4.78 is 11.4. The van der Waals surface area contributed by atoms with Crippen LogP contribution in [0.5, 0.6) is 0 Å². The predicted octanol–water partition coefficient (Wildman–Crippen LogP) is 1.33. The van der Waals surface area contributed by atoms with Gasteiger partial charge in [-0.1, -0.05) is 11.6 Å². The lowest BCUT2D eigenvalue weighted by molar-refractivity contribution is 0.650. The van der Waals surface area contributed by atoms with Crippen molar-refractivity contribution in [1.82, 2.24) is 5.32 Å². The fraction of sp³-hybridized carbons (Fsp3) is 0.600. The van der Waals surface area contributed by atoms with Crippen LogP contribution in [0.15, 0.2) is 22.1 Å². The standard InChI is InChI=1S/C10H15NOS/c1-13(12)10-4-2-3-8-7-11-6-5-9(8)10/h4,11H,2-3,5-7H2,1H3. The minimum atomic E-state index is -0.795. The molecule has 1 aliphatic heterocycles. The molecule has 0 amide bonds. The quantitative estimate of drug-likeness (QED) is 0.687. The average Bonchev–Trinajstić information content (AvgIpc) is 2.17. The second-order valence-corrected chi connectivity index (χ2v) is 4.92. The van der Waals surface area contributed by atoms with Crippen molar-refractivity contribution < 1.29 is 4.21 Å². The number of hydrogen-bond donors (Lipinski definition) is 1. The van der Waals surface area contributed by atoms with E-state index in [1.807, 2.05) is 0 Å². The molecular weight excluding hydrogens is 182 g/mol. The molecule has 13 heavy (non-hydrogen) atoms. The van der Waals surface area contributed by atoms with E-state index >= 15 is 0 Å². The van der Waals surface area contributed by atoms with Crippen LogP contribution in [0.4, 0.5) is 0 Å². The number of allylic oxidation sites excluding steroid dienone is 2. The van der Waals surface area contributed by atoms with Gasteiger partial charge >= 0.3 is 0 Å². The van der Waals surface area contributed by atoms with Crippen molar-refractivity contribution in [3.05, 3.63) is 22.1 Å². The highest BCUT2D eigenvalue weighted by molar-refractivity contribution is 7.88. The second-order valence-electron chi connectivity index (χ2n) is 3.57. The van der Waals surface area contributed by atoms with Crippen molar-refractivity contribution >= 4 is 10.8 Å². The second kappa shape index (κ2) is 3.76. The average molecular weight is 197 g/mol. The number of nitrogens with one attached hydrogen (secondary N) is 1. The molecule has 0 aromatic carbocycles. The van der Waals surface area contributed by atoms with E-state index in [0.29, 0.717) is 0 Å². The van der Waals surface area contributed by atoms with Crippen LogP contribution in [0.25, 0.3) is 0 Å². The molecule has 1 heterocycles. The minimum absolute atomic E-state index is 0.795. The first-order valence-electron chi connectivity index (χ1n) is 4.74. The van der Waals surface area contributed by atoms with Gasteiger partial charge in [0, 0.05) is 28.5 Å². The van der Waals surface area contributed by atoms with Gasteiger partial charge in [0.25, 0.3) is 0 Å². The molecule has 0 radical (unpaired) electrons. The molecule has 0 fully saturated rings. The van der Waals surface area contributed by atoms with E-state index in [0.717, 1.165) is 37.3 Å². The Balaban J connectivity index is 2.33. The van der Waals surface area contributed by atoms with Crippen molar-refractivity contribution in [1.29, 1.82) is 0 Å². The molecular formula is C10H15NOS. The van der Waals surface area contributed by atoms with Crippen LogP contribution in [0.1, 0.15) is 19.3 Å². The van der Waals surface area contributed by atoms with Crippen molar-refractivity contribution in [2.24, 2.45) is 0 Å². The third-order valence-electron chi connectivity index (χ3n) is 2.70. The fourth-order valence-corrected chi connectivity index (χ4v) is 3.01. The van der Waals surface area contributed by atoms with Crippen LogP contribution in [-0.2, 0) is 10.8 Å². The lowest BCUT2D eigenvalue weighted by atomic mass is 9.93. The van der Waals surface area contributed by atoms with Crippen molar-refractivity contribution in [2.75, 3.05) is 19.3 Å². The third-order valence-corrected chi connectivity index (χ3v) is 3.73. The van der Waals surface area contributed by atoms with Crippen molar-refractivity contribution in [3.63, 3.8) is 0 Å². The van der Waals surface area contributed by atoms with Crippen molar-refractivity contribution in [2.45, 2.75) is 19.3 Å². The Morgan fingerprint density at radius 3 is 3.08 bits per heavy atom. The van der Waals surface area contributed by atoms with Gasteiger partial charge in [0.1, 0.15) is 0 Å². The first-order valence-corrected chi connectivity index (χ1v) is 6.30. The van der Waals surface area contributed by atoms with E-state index < -0.39 is 10.8 Å². The Morgan fingerprint density at radius 1 is 1.46 bits per heavy atom. The molecule has 3 heteroatoms. The maximum absolute atomic E-state index is 11.4. The molecule has 1 aliphatic carbocycles. The van der Waals surface area contributed by atoms with Gasteiger partial charge in [0.15, 0.2) is 0 Å². The molecule has 72 valence electrons. The van der Waals surface area contributed by atoms with Gasteiger partial charge in [-0.05, 0) is 31.4 Å². The molecule has 0 saturated heterocycles. The van der Waals surface area contributed by atoms with Crippen molar-refractivity contribution in [3.8, 4) is 0 Å². The smallest absolute Gasteiger partial charge is 0.0497 e. The van der Waals surface area contributed by atoms with Gasteiger partial charge in [-0.3, -0.25) is 4.21 Å². The van der Waals surface area contributed by atoms with E-state index in [-0.39, 0.29) is 0 Å². The van der Waals surface area contributed by atoms with Crippen LogP contribution < -0.4 is 5.32 Å². The molecule has 0 aromatic rings. The summed E-state index contributed by atoms with van der Waals surface area (Å²) in [6.07, 6.45) is 7.21. The SMILES string of the molecule is CS(=O)C1=CCCC2=C1CCNC2. The normalized spacial score (nSPS) is 25.2. The zero-order valence-corrected chi connectivity index (χ0v) is 8.75. The van der Waals surface area contributed by atoms with Gasteiger partial charge in [0.2, 0.25) is 0 Å². The minimum Gasteiger partial charge on any atom is -0.313 e. The zero-order chi connectivity index (χ0) is 9.26. The molecule has 2 rings (SSSR count). The van der Waals surface area contributed by atoms with E-state index in [4.69, 9.17) is 0 Å². The summed E-state index contributed by atoms with van der Waals surface area (Å²) in [5.41, 5.74) is 2.87. The number of hydrogen-bond acceptors (Lipinski definition) is 2. The van der Waals surface area contributed by atoms with Crippen LogP contribution in [-0.4, -0.2) is 23.6 Å². The van der Waals surface area contributed by atoms with E-state index in [2.05, 4.69) is 11.4 Å². The molecule has 1 N–H and O–H groups in total. The molecule has 0 saturated carbocycles. The van der Waals surface area contributed by atoms with E-state index in [1.165, 1.54) is 11.1 Å². The van der Waals surface area contributed by atoms with Crippen LogP contribution >= 0.6 is 0 Å². The Hall–Kier alpha value is -0.410. The fourth-order valence-electron chi connectivity index (χ4n) is 2.06.